The molecule has 0 atom stereocenters. The van der Waals surface area contributed by atoms with E-state index in [-0.39, 0.29) is 44.7 Å². The van der Waals surface area contributed by atoms with E-state index >= 15 is 0 Å². The van der Waals surface area contributed by atoms with Gasteiger partial charge in [0.05, 0.1) is 51.5 Å². The van der Waals surface area contributed by atoms with Crippen molar-refractivity contribution in [1.29, 1.82) is 5.26 Å². The highest BCUT2D eigenvalue weighted by Gasteiger charge is 2.46. The van der Waals surface area contributed by atoms with Crippen LogP contribution in [0.25, 0.3) is 111 Å². The van der Waals surface area contributed by atoms with Gasteiger partial charge in [0.25, 0.3) is 6.71 Å². The minimum absolute atomic E-state index is 0.0797. The topological polar surface area (TPSA) is 40.1 Å². The lowest BCUT2D eigenvalue weighted by Gasteiger charge is -2.45. The van der Waals surface area contributed by atoms with Crippen molar-refractivity contribution in [2.45, 2.75) is 131 Å². The lowest BCUT2D eigenvalue weighted by atomic mass is 9.33. The molecule has 0 saturated carbocycles. The molecule has 6 heteroatoms. The number of benzene rings is 14. The van der Waals surface area contributed by atoms with Gasteiger partial charge in [-0.25, -0.2) is 0 Å². The number of aromatic nitrogens is 2. The molecule has 2 aromatic heterocycles. The molecule has 542 valence electrons. The minimum atomic E-state index is -0.535. The van der Waals surface area contributed by atoms with Gasteiger partial charge >= 0.3 is 0 Å². The van der Waals surface area contributed by atoms with Gasteiger partial charge in [-0.2, -0.15) is 5.26 Å². The number of hydrogen-bond donors (Lipinski definition) is 0. The van der Waals surface area contributed by atoms with Crippen molar-refractivity contribution in [2.24, 2.45) is 0 Å². The van der Waals surface area contributed by atoms with E-state index in [4.69, 9.17) is 1.37 Å². The highest BCUT2D eigenvalue weighted by molar-refractivity contribution is 7.00. The van der Waals surface area contributed by atoms with Crippen LogP contribution in [0.3, 0.4) is 0 Å². The zero-order valence-electron chi connectivity index (χ0n) is 71.2. The Kier molecular flexibility index (Phi) is 15.2. The summed E-state index contributed by atoms with van der Waals surface area (Å²) in [5.41, 5.74) is 28.1. The van der Waals surface area contributed by atoms with E-state index in [1.54, 1.807) is 0 Å². The first-order valence-electron chi connectivity index (χ1n) is 41.6. The summed E-state index contributed by atoms with van der Waals surface area (Å²) >= 11 is 0. The highest BCUT2D eigenvalue weighted by Crippen LogP contribution is 2.55. The molecule has 0 spiro atoms. The Morgan fingerprint density at radius 1 is 0.297 bits per heavy atom. The fraction of sp³-hybridized carbons (Fsp3) is 0.190. The van der Waals surface area contributed by atoms with Crippen LogP contribution in [-0.2, 0) is 27.1 Å². The molecule has 0 unspecified atom stereocenters. The molecule has 5 nitrogen and oxygen atoms in total. The second-order valence-electron chi connectivity index (χ2n) is 35.8. The molecular formula is C105H94BN5. The van der Waals surface area contributed by atoms with Gasteiger partial charge in [-0.1, -0.05) is 304 Å². The molecule has 0 aliphatic carbocycles. The van der Waals surface area contributed by atoms with Crippen molar-refractivity contribution < 1.29 is 6.85 Å². The smallest absolute Gasteiger partial charge is 0.252 e. The molecule has 0 saturated heterocycles. The quantitative estimate of drug-likeness (QED) is 0.135. The Labute approximate surface area is 662 Å². The van der Waals surface area contributed by atoms with E-state index in [1.807, 2.05) is 18.2 Å². The number of para-hydroxylation sites is 2. The van der Waals surface area contributed by atoms with E-state index in [1.165, 1.54) is 27.8 Å². The molecule has 111 heavy (non-hydrogen) atoms. The van der Waals surface area contributed by atoms with Crippen LogP contribution in [0.4, 0.5) is 34.1 Å². The third-order valence-corrected chi connectivity index (χ3v) is 23.3. The maximum Gasteiger partial charge on any atom is 0.252 e. The molecule has 2 aliphatic rings. The largest absolute Gasteiger partial charge is 0.310 e. The predicted octanol–water partition coefficient (Wildman–Crippen LogP) is 26.7. The molecule has 0 amide bonds. The molecule has 2 aliphatic heterocycles. The lowest BCUT2D eigenvalue weighted by molar-refractivity contribution is 0.569. The van der Waals surface area contributed by atoms with Crippen LogP contribution in [0.2, 0.25) is 0 Å². The first-order valence-corrected chi connectivity index (χ1v) is 39.1. The molecule has 0 bridgehead atoms. The van der Waals surface area contributed by atoms with E-state index in [0.717, 1.165) is 139 Å². The minimum Gasteiger partial charge on any atom is -0.310 e. The SMILES string of the molecule is [2H]c1c([2H])c([2H])c(-c2ccc3c(c2)N(c2cc(-n4c5ccccc5c5ccccc54)ccc2C#N)c2cc(-n4c5ccc(C(C)(C)C)cc5c5cc(C(C)(C)C)ccc54)cc4c2B3c2ccc(-c3cc(C(C)(C)C)cc(C(C)(C)C)c3)cc2N4c2c(-c3ccccc3)cc(C(C)(C)C)cc2-c2cccc(-c3ccccc3)c2)c([2H])c1[2H]. The van der Waals surface area contributed by atoms with Crippen molar-refractivity contribution >= 4 is 101 Å². The van der Waals surface area contributed by atoms with E-state index in [0.29, 0.717) is 22.5 Å². The number of anilines is 6. The number of hydrogen-bond acceptors (Lipinski definition) is 3. The third-order valence-electron chi connectivity index (χ3n) is 23.3. The van der Waals surface area contributed by atoms with Crippen molar-refractivity contribution in [1.82, 2.24) is 9.13 Å². The van der Waals surface area contributed by atoms with Crippen molar-refractivity contribution in [2.75, 3.05) is 9.80 Å². The average Bonchev–Trinajstić information content (AvgIpc) is 0.701. The van der Waals surface area contributed by atoms with E-state index in [2.05, 4.69) is 378 Å². The summed E-state index contributed by atoms with van der Waals surface area (Å²) in [6.07, 6.45) is 0. The van der Waals surface area contributed by atoms with Crippen molar-refractivity contribution in [3.8, 4) is 73.1 Å². The summed E-state index contributed by atoms with van der Waals surface area (Å²) < 4.78 is 51.4. The predicted molar refractivity (Wildman–Crippen MR) is 475 cm³/mol. The highest BCUT2D eigenvalue weighted by atomic mass is 15.2. The van der Waals surface area contributed by atoms with Gasteiger partial charge < -0.3 is 18.9 Å². The number of nitriles is 1. The van der Waals surface area contributed by atoms with Gasteiger partial charge in [-0.3, -0.25) is 0 Å². The van der Waals surface area contributed by atoms with Crippen LogP contribution in [0.5, 0.6) is 0 Å². The van der Waals surface area contributed by atoms with Gasteiger partial charge in [-0.15, -0.1) is 0 Å². The van der Waals surface area contributed by atoms with Crippen LogP contribution >= 0.6 is 0 Å². The van der Waals surface area contributed by atoms with Gasteiger partial charge in [-0.05, 0) is 213 Å². The van der Waals surface area contributed by atoms with E-state index in [9.17, 15) is 10.7 Å². The van der Waals surface area contributed by atoms with Crippen LogP contribution < -0.4 is 26.2 Å². The molecule has 4 heterocycles. The summed E-state index contributed by atoms with van der Waals surface area (Å²) in [4.78, 5) is 4.89. The second-order valence-corrected chi connectivity index (χ2v) is 35.8. The summed E-state index contributed by atoms with van der Waals surface area (Å²) in [6, 6.07) is 98.8. The molecule has 0 radical (unpaired) electrons. The van der Waals surface area contributed by atoms with E-state index < -0.39 is 24.8 Å². The van der Waals surface area contributed by atoms with Crippen LogP contribution in [0.1, 0.15) is 144 Å². The fourth-order valence-corrected chi connectivity index (χ4v) is 17.2. The maximum absolute atomic E-state index is 12.2. The molecule has 16 aromatic rings. The van der Waals surface area contributed by atoms with Gasteiger partial charge in [0.1, 0.15) is 6.07 Å². The van der Waals surface area contributed by atoms with Crippen LogP contribution in [-0.4, -0.2) is 15.8 Å². The van der Waals surface area contributed by atoms with Crippen LogP contribution in [0, 0.1) is 11.3 Å². The second kappa shape index (κ2) is 26.0. The first kappa shape index (κ1) is 64.8. The molecule has 0 fully saturated rings. The Morgan fingerprint density at radius 2 is 0.739 bits per heavy atom. The normalized spacial score (nSPS) is 13.7. The van der Waals surface area contributed by atoms with Crippen molar-refractivity contribution in [3.05, 3.63) is 331 Å². The standard InChI is InChI=1S/C105H94BN5/c1-101(2,3)75-45-50-92-86(58-75)87-59-76(102(4,5)6)46-51-93(87)109(92)81-63-97-99-98(64-81)111(100-84(68-34-23-18-24-35-68)60-79(105(13,14)15)61-85(100)72-37-29-36-69(52-72)66-30-19-16-20-31-66)96-56-71(74-53-77(103(7,8)9)57-78(54-74)104(10,11)12)44-49-89(96)106(99)88-48-43-70(67-32-21-17-22-33-67)55-95(88)110(97)94-62-80(47-42-73(94)65-107)108-90-40-27-25-38-82(90)83-39-26-28-41-91(83)108/h16-64H,1-15H3/i17D,21D,22D,32D,33D. The lowest BCUT2D eigenvalue weighted by Crippen LogP contribution is -2.61. The zero-order chi connectivity index (χ0) is 81.3. The molecule has 18 rings (SSSR count). The number of rotatable bonds is 9. The van der Waals surface area contributed by atoms with Gasteiger partial charge in [0.2, 0.25) is 0 Å². The fourth-order valence-electron chi connectivity index (χ4n) is 17.2. The monoisotopic (exact) mass is 1440 g/mol. The Bertz CT molecular complexity index is 6640. The third kappa shape index (κ3) is 12.1. The summed E-state index contributed by atoms with van der Waals surface area (Å²) in [5.74, 6) is 0. The molecule has 0 N–H and O–H groups in total. The van der Waals surface area contributed by atoms with Gasteiger partial charge in [0, 0.05) is 61.1 Å². The van der Waals surface area contributed by atoms with Crippen molar-refractivity contribution in [3.63, 3.8) is 0 Å². The average molecular weight is 1440 g/mol. The molecule has 14 aromatic carbocycles. The Balaban J connectivity index is 1.06. The molecular weight excluding hydrogens is 1340 g/mol. The first-order chi connectivity index (χ1) is 55.2. The number of fused-ring (bicyclic) bond motifs is 10. The summed E-state index contributed by atoms with van der Waals surface area (Å²) in [6.45, 7) is 33.9. The summed E-state index contributed by atoms with van der Waals surface area (Å²) in [5, 5.41) is 16.6. The Hall–Kier alpha value is -12.2. The Morgan fingerprint density at radius 3 is 1.29 bits per heavy atom. The number of nitrogens with zero attached hydrogens (tertiary/aromatic N) is 5. The summed E-state index contributed by atoms with van der Waals surface area (Å²) in [7, 11) is 0. The van der Waals surface area contributed by atoms with Crippen LogP contribution in [0.15, 0.2) is 297 Å². The van der Waals surface area contributed by atoms with Gasteiger partial charge in [0.15, 0.2) is 0 Å². The zero-order valence-corrected chi connectivity index (χ0v) is 66.2. The maximum atomic E-state index is 12.2.